The first-order valence-electron chi connectivity index (χ1n) is 6.99. The maximum atomic E-state index is 11.3. The summed E-state index contributed by atoms with van der Waals surface area (Å²) in [5, 5.41) is 6.25. The summed E-state index contributed by atoms with van der Waals surface area (Å²) in [6, 6.07) is 7.84. The third-order valence-corrected chi connectivity index (χ3v) is 3.34. The molecule has 0 aliphatic carbocycles. The first-order valence-corrected chi connectivity index (χ1v) is 6.99. The first kappa shape index (κ1) is 13.9. The van der Waals surface area contributed by atoms with Gasteiger partial charge in [-0.2, -0.15) is 0 Å². The average Bonchev–Trinajstić information content (AvgIpc) is 2.47. The summed E-state index contributed by atoms with van der Waals surface area (Å²) in [6.07, 6.45) is 2.90. The van der Waals surface area contributed by atoms with Crippen LogP contribution in [-0.4, -0.2) is 25.7 Å². The molecule has 19 heavy (non-hydrogen) atoms. The van der Waals surface area contributed by atoms with E-state index >= 15 is 0 Å². The molecule has 1 aromatic carbocycles. The van der Waals surface area contributed by atoms with Crippen LogP contribution in [0, 0.1) is 5.92 Å². The van der Waals surface area contributed by atoms with Crippen LogP contribution in [0.5, 0.6) is 0 Å². The van der Waals surface area contributed by atoms with E-state index in [1.165, 1.54) is 6.42 Å². The van der Waals surface area contributed by atoms with Gasteiger partial charge in [0.15, 0.2) is 0 Å². The van der Waals surface area contributed by atoms with Gasteiger partial charge in [-0.15, -0.1) is 0 Å². The molecule has 1 amide bonds. The Balaban J connectivity index is 1.79. The van der Waals surface area contributed by atoms with Gasteiger partial charge in [-0.05, 0) is 43.0 Å². The van der Waals surface area contributed by atoms with Gasteiger partial charge in [0.1, 0.15) is 0 Å². The summed E-state index contributed by atoms with van der Waals surface area (Å²) < 4.78 is 5.46. The third-order valence-electron chi connectivity index (χ3n) is 3.34. The summed E-state index contributed by atoms with van der Waals surface area (Å²) in [6.45, 7) is 4.55. The van der Waals surface area contributed by atoms with Gasteiger partial charge in [0.2, 0.25) is 5.91 Å². The van der Waals surface area contributed by atoms with Gasteiger partial charge in [0.05, 0.1) is 6.61 Å². The van der Waals surface area contributed by atoms with E-state index < -0.39 is 0 Å². The van der Waals surface area contributed by atoms with E-state index in [4.69, 9.17) is 4.74 Å². The van der Waals surface area contributed by atoms with Crippen molar-refractivity contribution < 1.29 is 9.53 Å². The van der Waals surface area contributed by atoms with Crippen LogP contribution in [0.3, 0.4) is 0 Å². The second-order valence-electron chi connectivity index (χ2n) is 4.94. The molecule has 1 heterocycles. The number of carbonyl (C=O) groups excluding carboxylic acids is 1. The van der Waals surface area contributed by atoms with Crippen molar-refractivity contribution in [3.8, 4) is 0 Å². The highest BCUT2D eigenvalue weighted by Gasteiger charge is 2.13. The highest BCUT2D eigenvalue weighted by atomic mass is 16.5. The van der Waals surface area contributed by atoms with Gasteiger partial charge in [0, 0.05) is 30.9 Å². The Kier molecular flexibility index (Phi) is 5.21. The summed E-state index contributed by atoms with van der Waals surface area (Å²) in [4.78, 5) is 11.3. The van der Waals surface area contributed by atoms with Crippen LogP contribution in [-0.2, 0) is 9.53 Å². The maximum absolute atomic E-state index is 11.3. The molecule has 1 atom stereocenters. The molecular weight excluding hydrogens is 240 g/mol. The average molecular weight is 262 g/mol. The van der Waals surface area contributed by atoms with E-state index in [0.29, 0.717) is 12.3 Å². The van der Waals surface area contributed by atoms with Gasteiger partial charge in [0.25, 0.3) is 0 Å². The van der Waals surface area contributed by atoms with Crippen molar-refractivity contribution in [1.29, 1.82) is 0 Å². The highest BCUT2D eigenvalue weighted by molar-refractivity contribution is 5.90. The van der Waals surface area contributed by atoms with Crippen molar-refractivity contribution in [3.05, 3.63) is 24.3 Å². The number of hydrogen-bond acceptors (Lipinski definition) is 3. The highest BCUT2D eigenvalue weighted by Crippen LogP contribution is 2.17. The quantitative estimate of drug-likeness (QED) is 0.858. The minimum Gasteiger partial charge on any atom is -0.385 e. The van der Waals surface area contributed by atoms with E-state index in [1.54, 1.807) is 0 Å². The molecule has 1 saturated heterocycles. The second-order valence-corrected chi connectivity index (χ2v) is 4.94. The van der Waals surface area contributed by atoms with Crippen LogP contribution in [0.25, 0.3) is 0 Å². The van der Waals surface area contributed by atoms with Crippen molar-refractivity contribution in [1.82, 2.24) is 0 Å². The Morgan fingerprint density at radius 1 is 1.32 bits per heavy atom. The number of nitrogens with one attached hydrogen (secondary N) is 2. The molecule has 1 aliphatic heterocycles. The van der Waals surface area contributed by atoms with Crippen molar-refractivity contribution >= 4 is 17.3 Å². The number of hydrogen-bond donors (Lipinski definition) is 2. The number of anilines is 2. The SMILES string of the molecule is CCC(=O)Nc1ccc(NCC2CCCOC2)cc1. The number of carbonyl (C=O) groups is 1. The van der Waals surface area contributed by atoms with Crippen molar-refractivity contribution in [3.63, 3.8) is 0 Å². The van der Waals surface area contributed by atoms with Crippen LogP contribution in [0.2, 0.25) is 0 Å². The van der Waals surface area contributed by atoms with Crippen molar-refractivity contribution in [2.24, 2.45) is 5.92 Å². The number of rotatable bonds is 5. The molecule has 0 radical (unpaired) electrons. The van der Waals surface area contributed by atoms with Gasteiger partial charge in [-0.1, -0.05) is 6.92 Å². The number of ether oxygens (including phenoxy) is 1. The normalized spacial score (nSPS) is 18.9. The monoisotopic (exact) mass is 262 g/mol. The summed E-state index contributed by atoms with van der Waals surface area (Å²) >= 11 is 0. The Hall–Kier alpha value is -1.55. The Bertz CT molecular complexity index is 397. The van der Waals surface area contributed by atoms with Gasteiger partial charge in [-0.3, -0.25) is 4.79 Å². The fourth-order valence-electron chi connectivity index (χ4n) is 2.15. The van der Waals surface area contributed by atoms with Gasteiger partial charge >= 0.3 is 0 Å². The van der Waals surface area contributed by atoms with Crippen LogP contribution in [0.15, 0.2) is 24.3 Å². The molecule has 0 saturated carbocycles. The molecule has 1 fully saturated rings. The largest absolute Gasteiger partial charge is 0.385 e. The zero-order valence-electron chi connectivity index (χ0n) is 11.4. The molecule has 1 aromatic rings. The molecule has 1 unspecified atom stereocenters. The molecule has 2 N–H and O–H groups in total. The predicted molar refractivity (Wildman–Crippen MR) is 77.4 cm³/mol. The first-order chi connectivity index (χ1) is 9.28. The van der Waals surface area contributed by atoms with Gasteiger partial charge in [-0.25, -0.2) is 0 Å². The standard InChI is InChI=1S/C15H22N2O2/c1-2-15(18)17-14-7-5-13(6-8-14)16-10-12-4-3-9-19-11-12/h5-8,12,16H,2-4,9-11H2,1H3,(H,17,18). The lowest BCUT2D eigenvalue weighted by Gasteiger charge is -2.22. The van der Waals surface area contributed by atoms with Crippen LogP contribution in [0.4, 0.5) is 11.4 Å². The summed E-state index contributed by atoms with van der Waals surface area (Å²) in [5.41, 5.74) is 1.93. The minimum absolute atomic E-state index is 0.0417. The number of amides is 1. The van der Waals surface area contributed by atoms with E-state index in [-0.39, 0.29) is 5.91 Å². The van der Waals surface area contributed by atoms with Gasteiger partial charge < -0.3 is 15.4 Å². The second kappa shape index (κ2) is 7.14. The molecule has 0 spiro atoms. The van der Waals surface area contributed by atoms with E-state index in [0.717, 1.165) is 37.6 Å². The molecule has 1 aliphatic rings. The molecule has 0 aromatic heterocycles. The van der Waals surface area contributed by atoms with E-state index in [1.807, 2.05) is 31.2 Å². The predicted octanol–water partition coefficient (Wildman–Crippen LogP) is 2.87. The van der Waals surface area contributed by atoms with Crippen LogP contribution >= 0.6 is 0 Å². The smallest absolute Gasteiger partial charge is 0.224 e. The maximum Gasteiger partial charge on any atom is 0.224 e. The lowest BCUT2D eigenvalue weighted by atomic mass is 10.0. The molecule has 104 valence electrons. The third kappa shape index (κ3) is 4.56. The fourth-order valence-corrected chi connectivity index (χ4v) is 2.15. The number of benzene rings is 1. The zero-order valence-corrected chi connectivity index (χ0v) is 11.4. The molecule has 4 heteroatoms. The van der Waals surface area contributed by atoms with E-state index in [2.05, 4.69) is 10.6 Å². The van der Waals surface area contributed by atoms with Crippen LogP contribution in [0.1, 0.15) is 26.2 Å². The molecular formula is C15H22N2O2. The van der Waals surface area contributed by atoms with Crippen molar-refractivity contribution in [2.45, 2.75) is 26.2 Å². The van der Waals surface area contributed by atoms with E-state index in [9.17, 15) is 4.79 Å². The lowest BCUT2D eigenvalue weighted by Crippen LogP contribution is -2.24. The molecule has 0 bridgehead atoms. The Morgan fingerprint density at radius 3 is 2.68 bits per heavy atom. The molecule has 4 nitrogen and oxygen atoms in total. The van der Waals surface area contributed by atoms with Crippen molar-refractivity contribution in [2.75, 3.05) is 30.4 Å². The topological polar surface area (TPSA) is 50.4 Å². The lowest BCUT2D eigenvalue weighted by molar-refractivity contribution is -0.115. The fraction of sp³-hybridized carbons (Fsp3) is 0.533. The zero-order chi connectivity index (χ0) is 13.5. The van der Waals surface area contributed by atoms with Crippen LogP contribution < -0.4 is 10.6 Å². The Morgan fingerprint density at radius 2 is 2.05 bits per heavy atom. The summed E-state index contributed by atoms with van der Waals surface area (Å²) in [5.74, 6) is 0.647. The summed E-state index contributed by atoms with van der Waals surface area (Å²) in [7, 11) is 0. The minimum atomic E-state index is 0.0417. The molecule has 2 rings (SSSR count). The Labute approximate surface area is 114 Å².